The SMILES string of the molecule is CC(C)(C)c1ccc(C(=O)NC(=S)Nc2ccc(N3CCN(C(=O)c4ccccc4F)CC3)cc2)cc1. The van der Waals surface area contributed by atoms with E-state index in [2.05, 4.69) is 36.3 Å². The molecule has 1 saturated heterocycles. The minimum absolute atomic E-state index is 0.0185. The first kappa shape index (κ1) is 26.3. The molecule has 0 bridgehead atoms. The van der Waals surface area contributed by atoms with Crippen LogP contribution in [0.3, 0.4) is 0 Å². The molecule has 3 aromatic carbocycles. The van der Waals surface area contributed by atoms with Gasteiger partial charge in [-0.1, -0.05) is 45.0 Å². The minimum Gasteiger partial charge on any atom is -0.368 e. The van der Waals surface area contributed by atoms with Gasteiger partial charge in [0.25, 0.3) is 11.8 Å². The van der Waals surface area contributed by atoms with Gasteiger partial charge in [-0.2, -0.15) is 0 Å². The molecule has 0 aromatic heterocycles. The molecule has 1 aliphatic heterocycles. The normalized spacial score (nSPS) is 13.7. The minimum atomic E-state index is -0.495. The lowest BCUT2D eigenvalue weighted by molar-refractivity contribution is 0.0742. The summed E-state index contributed by atoms with van der Waals surface area (Å²) in [5.41, 5.74) is 3.59. The zero-order valence-corrected chi connectivity index (χ0v) is 22.1. The zero-order chi connectivity index (χ0) is 26.6. The summed E-state index contributed by atoms with van der Waals surface area (Å²) < 4.78 is 14.0. The fraction of sp³-hybridized carbons (Fsp3) is 0.276. The van der Waals surface area contributed by atoms with Gasteiger partial charge in [0.15, 0.2) is 5.11 Å². The number of carbonyl (C=O) groups is 2. The number of hydrogen-bond donors (Lipinski definition) is 2. The second kappa shape index (κ2) is 11.1. The number of amides is 2. The highest BCUT2D eigenvalue weighted by molar-refractivity contribution is 7.80. The van der Waals surface area contributed by atoms with Gasteiger partial charge >= 0.3 is 0 Å². The summed E-state index contributed by atoms with van der Waals surface area (Å²) in [5.74, 6) is -1.04. The van der Waals surface area contributed by atoms with E-state index >= 15 is 0 Å². The molecule has 0 aliphatic carbocycles. The summed E-state index contributed by atoms with van der Waals surface area (Å²) in [4.78, 5) is 29.1. The van der Waals surface area contributed by atoms with Crippen LogP contribution >= 0.6 is 12.2 Å². The Morgan fingerprint density at radius 3 is 2.08 bits per heavy atom. The Labute approximate surface area is 222 Å². The summed E-state index contributed by atoms with van der Waals surface area (Å²) in [6.45, 7) is 8.70. The predicted octanol–water partition coefficient (Wildman–Crippen LogP) is 5.21. The van der Waals surface area contributed by atoms with Gasteiger partial charge in [-0.25, -0.2) is 4.39 Å². The molecule has 0 atom stereocenters. The Morgan fingerprint density at radius 1 is 0.865 bits per heavy atom. The highest BCUT2D eigenvalue weighted by Crippen LogP contribution is 2.23. The van der Waals surface area contributed by atoms with Crippen LogP contribution in [0.5, 0.6) is 0 Å². The van der Waals surface area contributed by atoms with Crippen LogP contribution in [0.1, 0.15) is 47.1 Å². The number of hydrogen-bond acceptors (Lipinski definition) is 4. The van der Waals surface area contributed by atoms with Crippen molar-refractivity contribution in [3.63, 3.8) is 0 Å². The number of nitrogens with zero attached hydrogens (tertiary/aromatic N) is 2. The van der Waals surface area contributed by atoms with Gasteiger partial charge in [-0.05, 0) is 71.7 Å². The van der Waals surface area contributed by atoms with Crippen molar-refractivity contribution in [3.8, 4) is 0 Å². The predicted molar refractivity (Wildman–Crippen MR) is 150 cm³/mol. The van der Waals surface area contributed by atoms with Crippen molar-refractivity contribution in [1.82, 2.24) is 10.2 Å². The second-order valence-electron chi connectivity index (χ2n) is 10.0. The number of nitrogens with one attached hydrogen (secondary N) is 2. The van der Waals surface area contributed by atoms with E-state index in [0.29, 0.717) is 31.7 Å². The van der Waals surface area contributed by atoms with E-state index < -0.39 is 5.82 Å². The molecule has 0 unspecified atom stereocenters. The molecule has 37 heavy (non-hydrogen) atoms. The van der Waals surface area contributed by atoms with E-state index in [4.69, 9.17) is 12.2 Å². The van der Waals surface area contributed by atoms with Gasteiger partial charge in [0.2, 0.25) is 0 Å². The lowest BCUT2D eigenvalue weighted by atomic mass is 9.87. The monoisotopic (exact) mass is 518 g/mol. The lowest BCUT2D eigenvalue weighted by Gasteiger charge is -2.36. The van der Waals surface area contributed by atoms with Crippen LogP contribution < -0.4 is 15.5 Å². The number of anilines is 2. The van der Waals surface area contributed by atoms with Crippen LogP contribution in [0.15, 0.2) is 72.8 Å². The molecule has 1 heterocycles. The summed E-state index contributed by atoms with van der Waals surface area (Å²) in [6, 6.07) is 21.3. The maximum atomic E-state index is 14.0. The molecule has 2 N–H and O–H groups in total. The van der Waals surface area contributed by atoms with Crippen LogP contribution in [0.2, 0.25) is 0 Å². The molecule has 0 radical (unpaired) electrons. The van der Waals surface area contributed by atoms with Crippen LogP contribution in [-0.4, -0.2) is 48.0 Å². The number of halogens is 1. The quantitative estimate of drug-likeness (QED) is 0.464. The molecule has 8 heteroatoms. The van der Waals surface area contributed by atoms with Crippen LogP contribution in [0, 0.1) is 5.82 Å². The average Bonchev–Trinajstić information content (AvgIpc) is 2.88. The first-order chi connectivity index (χ1) is 17.6. The van der Waals surface area contributed by atoms with Gasteiger partial charge in [0.1, 0.15) is 5.82 Å². The van der Waals surface area contributed by atoms with Gasteiger partial charge < -0.3 is 15.1 Å². The zero-order valence-electron chi connectivity index (χ0n) is 21.3. The van der Waals surface area contributed by atoms with E-state index in [1.54, 1.807) is 29.2 Å². The van der Waals surface area contributed by atoms with Crippen LogP contribution in [0.25, 0.3) is 0 Å². The first-order valence-electron chi connectivity index (χ1n) is 12.2. The van der Waals surface area contributed by atoms with E-state index in [1.165, 1.54) is 12.1 Å². The fourth-order valence-electron chi connectivity index (χ4n) is 4.19. The molecular formula is C29H31FN4O2S. The number of piperazine rings is 1. The number of rotatable bonds is 4. The molecule has 6 nitrogen and oxygen atoms in total. The van der Waals surface area contributed by atoms with Crippen molar-refractivity contribution >= 4 is 40.5 Å². The molecule has 3 aromatic rings. The third kappa shape index (κ3) is 6.51. The highest BCUT2D eigenvalue weighted by atomic mass is 32.1. The summed E-state index contributed by atoms with van der Waals surface area (Å²) in [7, 11) is 0. The van der Waals surface area contributed by atoms with Crippen molar-refractivity contribution in [3.05, 3.63) is 95.3 Å². The van der Waals surface area contributed by atoms with Crippen molar-refractivity contribution in [1.29, 1.82) is 0 Å². The Bertz CT molecular complexity index is 1280. The first-order valence-corrected chi connectivity index (χ1v) is 12.6. The maximum Gasteiger partial charge on any atom is 0.257 e. The van der Waals surface area contributed by atoms with Gasteiger partial charge in [0.05, 0.1) is 5.56 Å². The summed E-state index contributed by atoms with van der Waals surface area (Å²) in [5, 5.41) is 5.99. The highest BCUT2D eigenvalue weighted by Gasteiger charge is 2.24. The van der Waals surface area contributed by atoms with Gasteiger partial charge in [-0.15, -0.1) is 0 Å². The maximum absolute atomic E-state index is 14.0. The molecule has 0 saturated carbocycles. The molecule has 4 rings (SSSR count). The van der Waals surface area contributed by atoms with Crippen molar-refractivity contribution in [2.24, 2.45) is 0 Å². The Balaban J connectivity index is 1.28. The second-order valence-corrected chi connectivity index (χ2v) is 10.4. The van der Waals surface area contributed by atoms with Crippen molar-refractivity contribution < 1.29 is 14.0 Å². The fourth-order valence-corrected chi connectivity index (χ4v) is 4.40. The summed E-state index contributed by atoms with van der Waals surface area (Å²) >= 11 is 5.32. The Morgan fingerprint density at radius 2 is 1.49 bits per heavy atom. The van der Waals surface area contributed by atoms with Gasteiger partial charge in [-0.3, -0.25) is 14.9 Å². The number of thiocarbonyl (C=S) groups is 1. The lowest BCUT2D eigenvalue weighted by Crippen LogP contribution is -2.49. The Hall–Kier alpha value is -3.78. The molecular weight excluding hydrogens is 487 g/mol. The molecule has 1 aliphatic rings. The topological polar surface area (TPSA) is 64.7 Å². The van der Waals surface area contributed by atoms with E-state index in [-0.39, 0.29) is 27.9 Å². The average molecular weight is 519 g/mol. The molecule has 1 fully saturated rings. The van der Waals surface area contributed by atoms with Crippen molar-refractivity contribution in [2.45, 2.75) is 26.2 Å². The van der Waals surface area contributed by atoms with E-state index in [1.807, 2.05) is 36.4 Å². The standard InChI is InChI=1S/C29H31FN4O2S/c1-29(2,3)21-10-8-20(9-11-21)26(35)32-28(37)31-22-12-14-23(15-13-22)33-16-18-34(19-17-33)27(36)24-6-4-5-7-25(24)30/h4-15H,16-19H2,1-3H3,(H2,31,32,35,37). The van der Waals surface area contributed by atoms with Crippen LogP contribution in [-0.2, 0) is 5.41 Å². The molecule has 2 amide bonds. The number of benzene rings is 3. The van der Waals surface area contributed by atoms with E-state index in [0.717, 1.165) is 16.9 Å². The third-order valence-electron chi connectivity index (χ3n) is 6.40. The number of carbonyl (C=O) groups excluding carboxylic acids is 2. The van der Waals surface area contributed by atoms with E-state index in [9.17, 15) is 14.0 Å². The molecule has 192 valence electrons. The third-order valence-corrected chi connectivity index (χ3v) is 6.61. The van der Waals surface area contributed by atoms with Crippen LogP contribution in [0.4, 0.5) is 15.8 Å². The largest absolute Gasteiger partial charge is 0.368 e. The summed E-state index contributed by atoms with van der Waals surface area (Å²) in [6.07, 6.45) is 0. The Kier molecular flexibility index (Phi) is 7.88. The molecule has 0 spiro atoms. The van der Waals surface area contributed by atoms with Gasteiger partial charge in [0, 0.05) is 43.1 Å². The smallest absolute Gasteiger partial charge is 0.257 e. The van der Waals surface area contributed by atoms with Crippen molar-refractivity contribution in [2.75, 3.05) is 36.4 Å².